The van der Waals surface area contributed by atoms with E-state index in [0.717, 1.165) is 6.21 Å². The van der Waals surface area contributed by atoms with Crippen molar-refractivity contribution in [2.75, 3.05) is 20.3 Å². The van der Waals surface area contributed by atoms with Gasteiger partial charge < -0.3 is 20.2 Å². The second kappa shape index (κ2) is 4.97. The summed E-state index contributed by atoms with van der Waals surface area (Å²) >= 11 is 0. The Morgan fingerprint density at radius 3 is 2.93 bits per heavy atom. The molecule has 1 unspecified atom stereocenters. The van der Waals surface area contributed by atoms with E-state index in [4.69, 9.17) is 19.7 Å². The molecule has 1 aliphatic heterocycles. The van der Waals surface area contributed by atoms with Crippen LogP contribution < -0.4 is 5.32 Å². The van der Waals surface area contributed by atoms with Crippen LogP contribution in [0.2, 0.25) is 0 Å². The van der Waals surface area contributed by atoms with Gasteiger partial charge in [0.15, 0.2) is 0 Å². The minimum absolute atomic E-state index is 0.0469. The van der Waals surface area contributed by atoms with Crippen molar-refractivity contribution in [1.82, 2.24) is 5.32 Å². The van der Waals surface area contributed by atoms with Gasteiger partial charge in [0.2, 0.25) is 5.88 Å². The second-order valence-corrected chi connectivity index (χ2v) is 3.77. The molecule has 1 fully saturated rings. The minimum Gasteiger partial charge on any atom is -0.475 e. The summed E-state index contributed by atoms with van der Waals surface area (Å²) < 4.78 is 28.1. The number of nitrogens with one attached hydrogen (secondary N) is 3. The van der Waals surface area contributed by atoms with Gasteiger partial charge >= 0.3 is 0 Å². The first-order valence-corrected chi connectivity index (χ1v) is 5.27. The molecule has 0 aromatic carbocycles. The van der Waals surface area contributed by atoms with Gasteiger partial charge in [-0.15, -0.1) is 0 Å². The number of rotatable bonds is 3. The molecule has 14 heavy (non-hydrogen) atoms. The fourth-order valence-electron chi connectivity index (χ4n) is 1.03. The number of allylic oxidation sites excluding steroid dienone is 1. The van der Waals surface area contributed by atoms with Crippen molar-refractivity contribution < 1.29 is 13.7 Å². The first-order chi connectivity index (χ1) is 6.69. The molecule has 0 saturated carbocycles. The average Bonchev–Trinajstić information content (AvgIpc) is 2.19. The fourth-order valence-corrected chi connectivity index (χ4v) is 1.47. The molecule has 6 nitrogen and oxygen atoms in total. The van der Waals surface area contributed by atoms with E-state index in [0.29, 0.717) is 13.2 Å². The molecule has 1 rings (SSSR count). The van der Waals surface area contributed by atoms with Crippen LogP contribution in [-0.2, 0) is 20.1 Å². The third-order valence-electron chi connectivity index (χ3n) is 1.83. The van der Waals surface area contributed by atoms with Crippen LogP contribution in [0, 0.1) is 10.2 Å². The Morgan fingerprint density at radius 1 is 1.86 bits per heavy atom. The summed E-state index contributed by atoms with van der Waals surface area (Å²) in [5.74, 6) is 0.254. The molecule has 1 aliphatic rings. The van der Waals surface area contributed by atoms with Crippen LogP contribution in [0.25, 0.3) is 0 Å². The molecule has 0 bridgehead atoms. The van der Waals surface area contributed by atoms with Gasteiger partial charge in [0.05, 0.1) is 10.6 Å². The summed E-state index contributed by atoms with van der Waals surface area (Å²) in [6, 6.07) is 0. The minimum atomic E-state index is -2.30. The molecule has 7 heteroatoms. The molecule has 1 saturated heterocycles. The van der Waals surface area contributed by atoms with Gasteiger partial charge in [-0.1, -0.05) is 0 Å². The molecular formula is C7H13N3O3S. The maximum Gasteiger partial charge on any atom is 0.205 e. The predicted molar refractivity (Wildman–Crippen MR) is 52.8 cm³/mol. The lowest BCUT2D eigenvalue weighted by Gasteiger charge is -2.25. The maximum atomic E-state index is 10.9. The average molecular weight is 219 g/mol. The zero-order valence-electron chi connectivity index (χ0n) is 7.74. The molecule has 80 valence electrons. The number of hydrogen-bond donors (Lipinski definition) is 4. The summed E-state index contributed by atoms with van der Waals surface area (Å²) in [4.78, 5) is 0.0783. The highest BCUT2D eigenvalue weighted by Crippen LogP contribution is 2.09. The monoisotopic (exact) mass is 219 g/mol. The van der Waals surface area contributed by atoms with E-state index in [-0.39, 0.29) is 16.9 Å². The first kappa shape index (κ1) is 11.0. The van der Waals surface area contributed by atoms with E-state index in [1.165, 1.54) is 0 Å². The van der Waals surface area contributed by atoms with Crippen molar-refractivity contribution >= 4 is 16.8 Å². The Kier molecular flexibility index (Phi) is 3.90. The van der Waals surface area contributed by atoms with Gasteiger partial charge in [0.25, 0.3) is 0 Å². The summed E-state index contributed by atoms with van der Waals surface area (Å²) in [6.07, 6.45) is 0.829. The summed E-state index contributed by atoms with van der Waals surface area (Å²) in [7, 11) is -0.721. The van der Waals surface area contributed by atoms with Gasteiger partial charge in [-0.2, -0.15) is 0 Å². The zero-order chi connectivity index (χ0) is 10.6. The van der Waals surface area contributed by atoms with Crippen LogP contribution in [-0.4, -0.2) is 36.8 Å². The lowest BCUT2D eigenvalue weighted by atomic mass is 10.3. The van der Waals surface area contributed by atoms with Gasteiger partial charge in [0.1, 0.15) is 17.6 Å². The first-order valence-electron chi connectivity index (χ1n) is 4.01. The molecule has 0 aliphatic carbocycles. The van der Waals surface area contributed by atoms with Crippen molar-refractivity contribution in [2.24, 2.45) is 0 Å². The molecule has 3 N–H and O–H groups in total. The van der Waals surface area contributed by atoms with Crippen molar-refractivity contribution in [1.29, 1.82) is 10.2 Å². The van der Waals surface area contributed by atoms with Crippen LogP contribution in [0.1, 0.15) is 0 Å². The largest absolute Gasteiger partial charge is 0.475 e. The molecule has 0 radical (unpaired) electrons. The van der Waals surface area contributed by atoms with Crippen LogP contribution in [0.3, 0.4) is 0 Å². The van der Waals surface area contributed by atoms with Crippen molar-refractivity contribution in [3.8, 4) is 0 Å². The zero-order valence-corrected chi connectivity index (χ0v) is 8.64. The van der Waals surface area contributed by atoms with Gasteiger partial charge in [-0.3, -0.25) is 4.78 Å². The number of methoxy groups -OCH3 is 1. The van der Waals surface area contributed by atoms with E-state index in [1.54, 1.807) is 7.11 Å². The number of ether oxygens (including phenoxy) is 2. The molecule has 0 aromatic rings. The lowest BCUT2D eigenvalue weighted by Crippen LogP contribution is -2.39. The Balaban J connectivity index is 2.76. The maximum absolute atomic E-state index is 10.9. The van der Waals surface area contributed by atoms with E-state index in [9.17, 15) is 4.21 Å². The SMILES string of the molecule is CO[C@H]1CN/C(=C(\C=N)[SH](=N)=O)OC1. The Morgan fingerprint density at radius 2 is 2.57 bits per heavy atom. The van der Waals surface area contributed by atoms with Crippen LogP contribution in [0.4, 0.5) is 0 Å². The normalized spacial score (nSPS) is 27.1. The van der Waals surface area contributed by atoms with E-state index in [1.807, 2.05) is 0 Å². The number of thiol groups is 1. The number of hydrogen-bond acceptors (Lipinski definition) is 6. The van der Waals surface area contributed by atoms with E-state index >= 15 is 0 Å². The topological polar surface area (TPSA) is 95.3 Å². The lowest BCUT2D eigenvalue weighted by molar-refractivity contribution is 0.00304. The summed E-state index contributed by atoms with van der Waals surface area (Å²) in [5, 5.41) is 9.81. The predicted octanol–water partition coefficient (Wildman–Crippen LogP) is -0.317. The van der Waals surface area contributed by atoms with E-state index < -0.39 is 10.6 Å². The summed E-state index contributed by atoms with van der Waals surface area (Å²) in [6.45, 7) is 0.881. The van der Waals surface area contributed by atoms with Crippen molar-refractivity contribution in [3.63, 3.8) is 0 Å². The quantitative estimate of drug-likeness (QED) is 0.386. The Bertz CT molecular complexity index is 306. The molecular weight excluding hydrogens is 206 g/mol. The van der Waals surface area contributed by atoms with Crippen molar-refractivity contribution in [2.45, 2.75) is 6.10 Å². The van der Waals surface area contributed by atoms with Gasteiger partial charge in [-0.05, 0) is 0 Å². The standard InChI is InChI=1S/C7H13N3O3S/c1-12-5-3-10-7(13-4-5)6(2-8)14(9)11/h2,5,8-10,14H,3-4H2,1H3/b7-6-,8-2?/t5-/m0/s1. The van der Waals surface area contributed by atoms with Gasteiger partial charge in [0, 0.05) is 19.9 Å². The Hall–Kier alpha value is -1.08. The van der Waals surface area contributed by atoms with Crippen LogP contribution >= 0.6 is 0 Å². The molecule has 0 amide bonds. The Labute approximate surface area is 83.8 Å². The highest BCUT2D eigenvalue weighted by Gasteiger charge is 2.18. The second-order valence-electron chi connectivity index (χ2n) is 2.70. The van der Waals surface area contributed by atoms with Crippen LogP contribution in [0.15, 0.2) is 10.8 Å². The highest BCUT2D eigenvalue weighted by molar-refractivity contribution is 7.78. The van der Waals surface area contributed by atoms with E-state index in [2.05, 4.69) is 5.32 Å². The van der Waals surface area contributed by atoms with Gasteiger partial charge in [-0.25, -0.2) is 4.21 Å². The van der Waals surface area contributed by atoms with Crippen molar-refractivity contribution in [3.05, 3.63) is 10.8 Å². The van der Waals surface area contributed by atoms with Crippen LogP contribution in [0.5, 0.6) is 0 Å². The highest BCUT2D eigenvalue weighted by atomic mass is 32.2. The smallest absolute Gasteiger partial charge is 0.205 e. The third-order valence-corrected chi connectivity index (χ3v) is 2.60. The summed E-state index contributed by atoms with van der Waals surface area (Å²) in [5.41, 5.74) is 0. The molecule has 0 aromatic heterocycles. The molecule has 2 atom stereocenters. The molecule has 1 heterocycles. The molecule has 0 spiro atoms. The fraction of sp³-hybridized carbons (Fsp3) is 0.571. The third kappa shape index (κ3) is 2.46.